The maximum absolute atomic E-state index is 12.1. The number of nitro benzene ring substituents is 1. The van der Waals surface area contributed by atoms with Crippen LogP contribution in [0.1, 0.15) is 0 Å². The van der Waals surface area contributed by atoms with E-state index in [4.69, 9.17) is 16.3 Å². The molecule has 0 unspecified atom stereocenters. The third kappa shape index (κ3) is 3.73. The fourth-order valence-corrected chi connectivity index (χ4v) is 1.95. The first kappa shape index (κ1) is 15.8. The van der Waals surface area contributed by atoms with Crippen LogP contribution in [-0.2, 0) is 4.79 Å². The second-order valence-electron chi connectivity index (χ2n) is 4.45. The molecule has 0 aliphatic rings. The minimum absolute atomic E-state index is 0.00390. The fraction of sp³-hybridized carbons (Fsp3) is 0.133. The first-order valence-corrected chi connectivity index (χ1v) is 6.75. The second-order valence-corrected chi connectivity index (χ2v) is 4.88. The van der Waals surface area contributed by atoms with Crippen molar-refractivity contribution in [2.45, 2.75) is 0 Å². The lowest BCUT2D eigenvalue weighted by molar-refractivity contribution is -0.385. The Morgan fingerprint density at radius 1 is 1.27 bits per heavy atom. The summed E-state index contributed by atoms with van der Waals surface area (Å²) in [7, 11) is 1.61. The molecule has 0 spiro atoms. The van der Waals surface area contributed by atoms with Crippen molar-refractivity contribution in [1.29, 1.82) is 0 Å². The van der Waals surface area contributed by atoms with Crippen molar-refractivity contribution in [3.63, 3.8) is 0 Å². The Hall–Kier alpha value is -2.60. The molecule has 0 heterocycles. The molecule has 0 aliphatic heterocycles. The van der Waals surface area contributed by atoms with Crippen LogP contribution < -0.4 is 9.64 Å². The van der Waals surface area contributed by atoms with Gasteiger partial charge in [-0.3, -0.25) is 14.9 Å². The first-order chi connectivity index (χ1) is 10.5. The maximum atomic E-state index is 12.1. The third-order valence-corrected chi connectivity index (χ3v) is 3.22. The number of para-hydroxylation sites is 1. The number of ether oxygens (including phenoxy) is 1. The van der Waals surface area contributed by atoms with Crippen LogP contribution in [0.15, 0.2) is 48.5 Å². The summed E-state index contributed by atoms with van der Waals surface area (Å²) in [6, 6.07) is 13.0. The summed E-state index contributed by atoms with van der Waals surface area (Å²) in [6.45, 7) is -0.312. The Balaban J connectivity index is 2.07. The molecule has 0 atom stereocenters. The molecule has 114 valence electrons. The van der Waals surface area contributed by atoms with Gasteiger partial charge in [0.1, 0.15) is 0 Å². The zero-order valence-corrected chi connectivity index (χ0v) is 12.5. The topological polar surface area (TPSA) is 72.7 Å². The molecule has 6 nitrogen and oxygen atoms in total. The Labute approximate surface area is 132 Å². The minimum Gasteiger partial charge on any atom is -0.477 e. The van der Waals surface area contributed by atoms with Crippen LogP contribution >= 0.6 is 11.6 Å². The molecule has 2 rings (SSSR count). The van der Waals surface area contributed by atoms with Gasteiger partial charge in [0.15, 0.2) is 12.4 Å². The van der Waals surface area contributed by atoms with Crippen molar-refractivity contribution >= 4 is 28.9 Å². The van der Waals surface area contributed by atoms with Crippen LogP contribution in [0.2, 0.25) is 5.02 Å². The molecule has 0 saturated carbocycles. The van der Waals surface area contributed by atoms with E-state index in [1.807, 2.05) is 18.2 Å². The lowest BCUT2D eigenvalue weighted by atomic mass is 10.3. The van der Waals surface area contributed by atoms with E-state index in [0.717, 1.165) is 0 Å². The van der Waals surface area contributed by atoms with Gasteiger partial charge in [0.25, 0.3) is 5.91 Å². The van der Waals surface area contributed by atoms with E-state index < -0.39 is 4.92 Å². The zero-order valence-electron chi connectivity index (χ0n) is 11.7. The number of halogens is 1. The summed E-state index contributed by atoms with van der Waals surface area (Å²) in [5.74, 6) is -0.320. The molecule has 0 fully saturated rings. The van der Waals surface area contributed by atoms with Crippen molar-refractivity contribution in [2.75, 3.05) is 18.6 Å². The van der Waals surface area contributed by atoms with Gasteiger partial charge < -0.3 is 9.64 Å². The van der Waals surface area contributed by atoms with Gasteiger partial charge in [-0.2, -0.15) is 0 Å². The molecule has 0 saturated heterocycles. The van der Waals surface area contributed by atoms with Crippen molar-refractivity contribution in [3.05, 3.63) is 63.7 Å². The number of rotatable bonds is 5. The van der Waals surface area contributed by atoms with E-state index in [-0.39, 0.29) is 29.0 Å². The second kappa shape index (κ2) is 6.91. The smallest absolute Gasteiger partial charge is 0.312 e. The highest BCUT2D eigenvalue weighted by atomic mass is 35.5. The summed E-state index contributed by atoms with van der Waals surface area (Å²) < 4.78 is 5.27. The summed E-state index contributed by atoms with van der Waals surface area (Å²) in [4.78, 5) is 23.8. The van der Waals surface area contributed by atoms with E-state index >= 15 is 0 Å². The van der Waals surface area contributed by atoms with Gasteiger partial charge in [-0.1, -0.05) is 29.8 Å². The fourth-order valence-electron chi connectivity index (χ4n) is 1.79. The van der Waals surface area contributed by atoms with Gasteiger partial charge in [-0.15, -0.1) is 0 Å². The Morgan fingerprint density at radius 2 is 1.95 bits per heavy atom. The molecule has 0 aromatic heterocycles. The van der Waals surface area contributed by atoms with Crippen LogP contribution in [0.25, 0.3) is 0 Å². The predicted molar refractivity (Wildman–Crippen MR) is 83.5 cm³/mol. The minimum atomic E-state index is -0.605. The molecule has 22 heavy (non-hydrogen) atoms. The maximum Gasteiger partial charge on any atom is 0.312 e. The SMILES string of the molecule is CN(C(=O)COc1ccc(Cl)cc1[N+](=O)[O-])c1ccccc1. The van der Waals surface area contributed by atoms with Gasteiger partial charge in [-0.25, -0.2) is 0 Å². The number of carbonyl (C=O) groups is 1. The highest BCUT2D eigenvalue weighted by Crippen LogP contribution is 2.29. The Morgan fingerprint density at radius 3 is 2.59 bits per heavy atom. The van der Waals surface area contributed by atoms with Crippen LogP contribution in [0.5, 0.6) is 5.75 Å². The molecule has 0 N–H and O–H groups in total. The van der Waals surface area contributed by atoms with Crippen molar-refractivity contribution < 1.29 is 14.5 Å². The number of hydrogen-bond acceptors (Lipinski definition) is 4. The number of likely N-dealkylation sites (N-methyl/N-ethyl adjacent to an activating group) is 1. The largest absolute Gasteiger partial charge is 0.477 e. The quantitative estimate of drug-likeness (QED) is 0.626. The van der Waals surface area contributed by atoms with E-state index in [1.54, 1.807) is 19.2 Å². The zero-order chi connectivity index (χ0) is 16.1. The summed E-state index contributed by atoms with van der Waals surface area (Å²) in [6.07, 6.45) is 0. The Kier molecular flexibility index (Phi) is 4.95. The average Bonchev–Trinajstić information content (AvgIpc) is 2.53. The third-order valence-electron chi connectivity index (χ3n) is 2.99. The van der Waals surface area contributed by atoms with Gasteiger partial charge in [0.2, 0.25) is 0 Å². The summed E-state index contributed by atoms with van der Waals surface area (Å²) in [5.41, 5.74) is 0.435. The molecular weight excluding hydrogens is 308 g/mol. The highest BCUT2D eigenvalue weighted by molar-refractivity contribution is 6.30. The molecule has 0 bridgehead atoms. The summed E-state index contributed by atoms with van der Waals surface area (Å²) in [5, 5.41) is 11.2. The van der Waals surface area contributed by atoms with Gasteiger partial charge >= 0.3 is 5.69 Å². The first-order valence-electron chi connectivity index (χ1n) is 6.37. The Bertz CT molecular complexity index is 691. The number of amides is 1. The molecule has 0 radical (unpaired) electrons. The molecule has 0 aliphatic carbocycles. The number of carbonyl (C=O) groups excluding carboxylic acids is 1. The molecule has 7 heteroatoms. The van der Waals surface area contributed by atoms with Crippen molar-refractivity contribution in [2.24, 2.45) is 0 Å². The van der Waals surface area contributed by atoms with Crippen LogP contribution in [0, 0.1) is 10.1 Å². The molecule has 2 aromatic rings. The lowest BCUT2D eigenvalue weighted by Crippen LogP contribution is -2.31. The number of nitro groups is 1. The number of nitrogens with zero attached hydrogens (tertiary/aromatic N) is 2. The van der Waals surface area contributed by atoms with Gasteiger partial charge in [0, 0.05) is 23.8 Å². The van der Waals surface area contributed by atoms with Gasteiger partial charge in [0.05, 0.1) is 4.92 Å². The highest BCUT2D eigenvalue weighted by Gasteiger charge is 2.18. The lowest BCUT2D eigenvalue weighted by Gasteiger charge is -2.17. The normalized spacial score (nSPS) is 10.1. The van der Waals surface area contributed by atoms with E-state index in [1.165, 1.54) is 23.1 Å². The monoisotopic (exact) mass is 320 g/mol. The van der Waals surface area contributed by atoms with E-state index in [0.29, 0.717) is 5.69 Å². The number of benzene rings is 2. The molecule has 2 aromatic carbocycles. The predicted octanol–water partition coefficient (Wildman–Crippen LogP) is 3.29. The van der Waals surface area contributed by atoms with Crippen LogP contribution in [-0.4, -0.2) is 24.5 Å². The number of anilines is 1. The molecular formula is C15H13ClN2O4. The van der Waals surface area contributed by atoms with Crippen molar-refractivity contribution in [3.8, 4) is 5.75 Å². The summed E-state index contributed by atoms with van der Waals surface area (Å²) >= 11 is 5.72. The van der Waals surface area contributed by atoms with Crippen LogP contribution in [0.3, 0.4) is 0 Å². The van der Waals surface area contributed by atoms with Crippen molar-refractivity contribution in [1.82, 2.24) is 0 Å². The van der Waals surface area contributed by atoms with E-state index in [9.17, 15) is 14.9 Å². The van der Waals surface area contributed by atoms with Crippen LogP contribution in [0.4, 0.5) is 11.4 Å². The molecule has 1 amide bonds. The van der Waals surface area contributed by atoms with Gasteiger partial charge in [-0.05, 0) is 24.3 Å². The average molecular weight is 321 g/mol. The van der Waals surface area contributed by atoms with E-state index in [2.05, 4.69) is 0 Å². The standard InChI is InChI=1S/C15H13ClN2O4/c1-17(12-5-3-2-4-6-12)15(19)10-22-14-8-7-11(16)9-13(14)18(20)21/h2-9H,10H2,1H3. The number of hydrogen-bond donors (Lipinski definition) is 0.